The zero-order valence-corrected chi connectivity index (χ0v) is 14.5. The molecule has 1 aromatic carbocycles. The van der Waals surface area contributed by atoms with Gasteiger partial charge in [0, 0.05) is 37.7 Å². The normalized spacial score (nSPS) is 19.8. The van der Waals surface area contributed by atoms with E-state index in [1.54, 1.807) is 6.07 Å². The molecule has 0 aromatic heterocycles. The molecule has 0 aliphatic carbocycles. The number of rotatable bonds is 4. The van der Waals surface area contributed by atoms with E-state index in [1.165, 1.54) is 7.11 Å². The summed E-state index contributed by atoms with van der Waals surface area (Å²) in [7, 11) is 1.38. The maximum Gasteiger partial charge on any atom is 0.341 e. The number of methoxy groups -OCH3 is 1. The summed E-state index contributed by atoms with van der Waals surface area (Å²) < 4.78 is 22.2. The number of hydrogen-bond donors (Lipinski definition) is 0. The molecule has 0 amide bonds. The van der Waals surface area contributed by atoms with Crippen molar-refractivity contribution in [2.24, 2.45) is 0 Å². The van der Waals surface area contributed by atoms with Gasteiger partial charge in [-0.05, 0) is 26.0 Å². The molecule has 6 heteroatoms. The largest absolute Gasteiger partial charge is 0.490 e. The molecule has 2 saturated heterocycles. The molecule has 2 aliphatic rings. The minimum atomic E-state index is -0.389. The first-order valence-corrected chi connectivity index (χ1v) is 8.45. The number of piperidine rings is 1. The fourth-order valence-electron chi connectivity index (χ4n) is 3.23. The average molecular weight is 335 g/mol. The van der Waals surface area contributed by atoms with Gasteiger partial charge in [-0.3, -0.25) is 0 Å². The number of esters is 1. The standard InChI is InChI=1S/C18H25NO5/c1-13(2)24-16-12-14(4-5-15(16)17(20)21-3)19-8-6-18(7-9-19)22-10-11-23-18/h4-5,12-13H,6-11H2,1-3H3. The highest BCUT2D eigenvalue weighted by Gasteiger charge is 2.39. The van der Waals surface area contributed by atoms with Gasteiger partial charge >= 0.3 is 5.97 Å². The van der Waals surface area contributed by atoms with Crippen molar-refractivity contribution in [1.82, 2.24) is 0 Å². The third-order valence-electron chi connectivity index (χ3n) is 4.44. The van der Waals surface area contributed by atoms with Gasteiger partial charge in [0.15, 0.2) is 5.79 Å². The maximum atomic E-state index is 11.9. The lowest BCUT2D eigenvalue weighted by Gasteiger charge is -2.38. The molecule has 2 heterocycles. The number of carbonyl (C=O) groups is 1. The molecule has 0 N–H and O–H groups in total. The molecule has 3 rings (SSSR count). The molecule has 2 fully saturated rings. The van der Waals surface area contributed by atoms with Crippen LogP contribution in [0.4, 0.5) is 5.69 Å². The molecule has 1 spiro atoms. The fraction of sp³-hybridized carbons (Fsp3) is 0.611. The second-order valence-corrected chi connectivity index (χ2v) is 6.43. The van der Waals surface area contributed by atoms with Crippen LogP contribution in [0, 0.1) is 0 Å². The Morgan fingerprint density at radius 1 is 1.21 bits per heavy atom. The Hall–Kier alpha value is -1.79. The molecule has 1 aromatic rings. The van der Waals surface area contributed by atoms with Crippen LogP contribution in [0.1, 0.15) is 37.0 Å². The molecule has 0 saturated carbocycles. The topological polar surface area (TPSA) is 57.2 Å². The van der Waals surface area contributed by atoms with Gasteiger partial charge in [0.05, 0.1) is 26.4 Å². The monoisotopic (exact) mass is 335 g/mol. The molecule has 24 heavy (non-hydrogen) atoms. The van der Waals surface area contributed by atoms with E-state index in [9.17, 15) is 4.79 Å². The first-order chi connectivity index (χ1) is 11.5. The zero-order chi connectivity index (χ0) is 17.2. The third-order valence-corrected chi connectivity index (χ3v) is 4.44. The van der Waals surface area contributed by atoms with E-state index >= 15 is 0 Å². The Morgan fingerprint density at radius 3 is 2.46 bits per heavy atom. The third kappa shape index (κ3) is 3.49. The van der Waals surface area contributed by atoms with E-state index in [4.69, 9.17) is 18.9 Å². The molecule has 0 unspecified atom stereocenters. The summed E-state index contributed by atoms with van der Waals surface area (Å²) in [5.74, 6) is -0.217. The van der Waals surface area contributed by atoms with E-state index in [-0.39, 0.29) is 17.9 Å². The Bertz CT molecular complexity index is 585. The van der Waals surface area contributed by atoms with Crippen LogP contribution in [0.3, 0.4) is 0 Å². The molecule has 2 aliphatic heterocycles. The Balaban J connectivity index is 1.77. The predicted octanol–water partition coefficient (Wildman–Crippen LogP) is 2.60. The second kappa shape index (κ2) is 6.99. The quantitative estimate of drug-likeness (QED) is 0.789. The summed E-state index contributed by atoms with van der Waals surface area (Å²) in [6.07, 6.45) is 1.66. The predicted molar refractivity (Wildman–Crippen MR) is 89.6 cm³/mol. The van der Waals surface area contributed by atoms with Gasteiger partial charge in [0.2, 0.25) is 0 Å². The maximum absolute atomic E-state index is 11.9. The number of carbonyl (C=O) groups excluding carboxylic acids is 1. The number of nitrogens with zero attached hydrogens (tertiary/aromatic N) is 1. The minimum absolute atomic E-state index is 0.0198. The van der Waals surface area contributed by atoms with Gasteiger partial charge in [-0.15, -0.1) is 0 Å². The number of hydrogen-bond acceptors (Lipinski definition) is 6. The molecule has 0 atom stereocenters. The van der Waals surface area contributed by atoms with Gasteiger partial charge in [-0.25, -0.2) is 4.79 Å². The van der Waals surface area contributed by atoms with Crippen LogP contribution in [0.5, 0.6) is 5.75 Å². The summed E-state index contributed by atoms with van der Waals surface area (Å²) in [5.41, 5.74) is 1.48. The summed E-state index contributed by atoms with van der Waals surface area (Å²) in [5, 5.41) is 0. The van der Waals surface area contributed by atoms with Gasteiger partial charge < -0.3 is 23.8 Å². The van der Waals surface area contributed by atoms with E-state index < -0.39 is 0 Å². The van der Waals surface area contributed by atoms with Crippen molar-refractivity contribution in [2.45, 2.75) is 38.6 Å². The number of benzene rings is 1. The lowest BCUT2D eigenvalue weighted by atomic mass is 10.0. The number of anilines is 1. The minimum Gasteiger partial charge on any atom is -0.490 e. The Labute approximate surface area is 142 Å². The smallest absolute Gasteiger partial charge is 0.341 e. The highest BCUT2D eigenvalue weighted by molar-refractivity contribution is 5.93. The zero-order valence-electron chi connectivity index (χ0n) is 14.5. The molecule has 132 valence electrons. The van der Waals surface area contributed by atoms with Crippen molar-refractivity contribution in [2.75, 3.05) is 38.3 Å². The van der Waals surface area contributed by atoms with Crippen LogP contribution in [0.25, 0.3) is 0 Å². The van der Waals surface area contributed by atoms with E-state index in [1.807, 2.05) is 26.0 Å². The van der Waals surface area contributed by atoms with Crippen LogP contribution < -0.4 is 9.64 Å². The van der Waals surface area contributed by atoms with Crippen LogP contribution in [0.2, 0.25) is 0 Å². The van der Waals surface area contributed by atoms with Crippen LogP contribution in [-0.4, -0.2) is 51.3 Å². The van der Waals surface area contributed by atoms with Gasteiger partial charge in [-0.1, -0.05) is 0 Å². The van der Waals surface area contributed by atoms with Crippen molar-refractivity contribution in [3.63, 3.8) is 0 Å². The highest BCUT2D eigenvalue weighted by Crippen LogP contribution is 2.35. The number of ether oxygens (including phenoxy) is 4. The van der Waals surface area contributed by atoms with Gasteiger partial charge in [0.25, 0.3) is 0 Å². The van der Waals surface area contributed by atoms with Gasteiger partial charge in [-0.2, -0.15) is 0 Å². The van der Waals surface area contributed by atoms with Crippen LogP contribution in [-0.2, 0) is 14.2 Å². The Kier molecular flexibility index (Phi) is 4.96. The van der Waals surface area contributed by atoms with Crippen molar-refractivity contribution in [1.29, 1.82) is 0 Å². The highest BCUT2D eigenvalue weighted by atomic mass is 16.7. The SMILES string of the molecule is COC(=O)c1ccc(N2CCC3(CC2)OCCO3)cc1OC(C)C. The second-order valence-electron chi connectivity index (χ2n) is 6.43. The average Bonchev–Trinajstić information content (AvgIpc) is 3.02. The lowest BCUT2D eigenvalue weighted by molar-refractivity contribution is -0.169. The molecule has 0 bridgehead atoms. The first-order valence-electron chi connectivity index (χ1n) is 8.45. The summed E-state index contributed by atoms with van der Waals surface area (Å²) in [6.45, 7) is 6.93. The first kappa shape index (κ1) is 17.0. The van der Waals surface area contributed by atoms with Crippen LogP contribution in [0.15, 0.2) is 18.2 Å². The molecular weight excluding hydrogens is 310 g/mol. The van der Waals surface area contributed by atoms with E-state index in [2.05, 4.69) is 4.90 Å². The fourth-order valence-corrected chi connectivity index (χ4v) is 3.23. The van der Waals surface area contributed by atoms with Crippen molar-refractivity contribution < 1.29 is 23.7 Å². The van der Waals surface area contributed by atoms with E-state index in [0.717, 1.165) is 31.6 Å². The molecule has 6 nitrogen and oxygen atoms in total. The Morgan fingerprint density at radius 2 is 1.88 bits per heavy atom. The summed E-state index contributed by atoms with van der Waals surface area (Å²) in [6, 6.07) is 5.63. The van der Waals surface area contributed by atoms with Gasteiger partial charge in [0.1, 0.15) is 11.3 Å². The van der Waals surface area contributed by atoms with E-state index in [0.29, 0.717) is 24.5 Å². The lowest BCUT2D eigenvalue weighted by Crippen LogP contribution is -2.45. The van der Waals surface area contributed by atoms with Crippen molar-refractivity contribution in [3.8, 4) is 5.75 Å². The van der Waals surface area contributed by atoms with Crippen molar-refractivity contribution >= 4 is 11.7 Å². The summed E-state index contributed by atoms with van der Waals surface area (Å²) >= 11 is 0. The molecular formula is C18H25NO5. The van der Waals surface area contributed by atoms with Crippen molar-refractivity contribution in [3.05, 3.63) is 23.8 Å². The summed E-state index contributed by atoms with van der Waals surface area (Å²) in [4.78, 5) is 14.2. The molecule has 0 radical (unpaired) electrons. The van der Waals surface area contributed by atoms with Crippen LogP contribution >= 0.6 is 0 Å².